The molecule has 0 saturated carbocycles. The average Bonchev–Trinajstić information content (AvgIpc) is 3.19. The minimum absolute atomic E-state index is 0.0465. The highest BCUT2D eigenvalue weighted by atomic mass is 32.1. The molecule has 0 radical (unpaired) electrons. The first-order valence-corrected chi connectivity index (χ1v) is 9.35. The number of halogens is 1. The zero-order valence-electron chi connectivity index (χ0n) is 15.7. The summed E-state index contributed by atoms with van der Waals surface area (Å²) in [6.45, 7) is 0. The van der Waals surface area contributed by atoms with Gasteiger partial charge in [-0.15, -0.1) is 0 Å². The van der Waals surface area contributed by atoms with E-state index in [0.29, 0.717) is 5.56 Å². The SMILES string of the molecule is O=C1NC(=S)N(c2cccc(F)c2)C(=O)/C1=C/c1ccc(-c2ccccc2C(=O)O)o1. The number of aromatic carboxylic acids is 1. The predicted molar refractivity (Wildman–Crippen MR) is 114 cm³/mol. The minimum Gasteiger partial charge on any atom is -0.478 e. The van der Waals surface area contributed by atoms with Gasteiger partial charge in [-0.05, 0) is 54.7 Å². The lowest BCUT2D eigenvalue weighted by Gasteiger charge is -2.28. The molecule has 0 bridgehead atoms. The lowest BCUT2D eigenvalue weighted by Crippen LogP contribution is -2.54. The van der Waals surface area contributed by atoms with Gasteiger partial charge < -0.3 is 9.52 Å². The molecule has 3 aromatic rings. The summed E-state index contributed by atoms with van der Waals surface area (Å²) in [5.74, 6) is -2.75. The quantitative estimate of drug-likeness (QED) is 0.368. The van der Waals surface area contributed by atoms with Gasteiger partial charge in [-0.1, -0.05) is 24.3 Å². The zero-order valence-corrected chi connectivity index (χ0v) is 16.5. The molecule has 154 valence electrons. The van der Waals surface area contributed by atoms with Crippen LogP contribution in [-0.2, 0) is 9.59 Å². The summed E-state index contributed by atoms with van der Waals surface area (Å²) in [5, 5.41) is 11.6. The summed E-state index contributed by atoms with van der Waals surface area (Å²) in [4.78, 5) is 37.8. The molecule has 1 aromatic heterocycles. The molecule has 2 amide bonds. The van der Waals surface area contributed by atoms with Crippen LogP contribution in [-0.4, -0.2) is 28.0 Å². The molecule has 7 nitrogen and oxygen atoms in total. The second-order valence-electron chi connectivity index (χ2n) is 6.49. The third-order valence-corrected chi connectivity index (χ3v) is 4.79. The fraction of sp³-hybridized carbons (Fsp3) is 0. The molecule has 2 aromatic carbocycles. The molecular formula is C22H13FN2O5S. The molecule has 9 heteroatoms. The molecule has 0 aliphatic carbocycles. The Bertz CT molecular complexity index is 1280. The van der Waals surface area contributed by atoms with Crippen LogP contribution in [0.3, 0.4) is 0 Å². The van der Waals surface area contributed by atoms with Crippen LogP contribution in [0.1, 0.15) is 16.1 Å². The first-order chi connectivity index (χ1) is 14.8. The van der Waals surface area contributed by atoms with Gasteiger partial charge in [0, 0.05) is 5.56 Å². The number of thiocarbonyl (C=S) groups is 1. The van der Waals surface area contributed by atoms with Gasteiger partial charge in [0.15, 0.2) is 5.11 Å². The highest BCUT2D eigenvalue weighted by Gasteiger charge is 2.35. The van der Waals surface area contributed by atoms with Gasteiger partial charge in [0.05, 0.1) is 11.3 Å². The monoisotopic (exact) mass is 436 g/mol. The fourth-order valence-electron chi connectivity index (χ4n) is 3.11. The third-order valence-electron chi connectivity index (χ3n) is 4.50. The van der Waals surface area contributed by atoms with Crippen LogP contribution in [0, 0.1) is 5.82 Å². The van der Waals surface area contributed by atoms with Gasteiger partial charge in [0.25, 0.3) is 11.8 Å². The summed E-state index contributed by atoms with van der Waals surface area (Å²) in [6, 6.07) is 14.6. The number of hydrogen-bond acceptors (Lipinski definition) is 5. The summed E-state index contributed by atoms with van der Waals surface area (Å²) >= 11 is 5.08. The Kier molecular flexibility index (Phi) is 5.18. The maximum Gasteiger partial charge on any atom is 0.336 e. The predicted octanol–water partition coefficient (Wildman–Crippen LogP) is 3.62. The van der Waals surface area contributed by atoms with Gasteiger partial charge in [-0.3, -0.25) is 19.8 Å². The van der Waals surface area contributed by atoms with Crippen molar-refractivity contribution in [1.29, 1.82) is 0 Å². The number of anilines is 1. The molecule has 2 N–H and O–H groups in total. The van der Waals surface area contributed by atoms with Crippen LogP contribution >= 0.6 is 12.2 Å². The third kappa shape index (κ3) is 3.86. The summed E-state index contributed by atoms with van der Waals surface area (Å²) in [5.41, 5.74) is 0.286. The number of amides is 2. The van der Waals surface area contributed by atoms with E-state index < -0.39 is 23.6 Å². The molecule has 1 aliphatic heterocycles. The maximum absolute atomic E-state index is 13.6. The van der Waals surface area contributed by atoms with Gasteiger partial charge >= 0.3 is 5.97 Å². The molecule has 31 heavy (non-hydrogen) atoms. The first-order valence-electron chi connectivity index (χ1n) is 8.94. The number of nitrogens with zero attached hydrogens (tertiary/aromatic N) is 1. The molecule has 0 spiro atoms. The first kappa shape index (κ1) is 20.2. The Hall–Kier alpha value is -4.11. The van der Waals surface area contributed by atoms with Gasteiger partial charge in [-0.25, -0.2) is 9.18 Å². The van der Waals surface area contributed by atoms with Crippen LogP contribution in [0.4, 0.5) is 10.1 Å². The Morgan fingerprint density at radius 2 is 1.87 bits per heavy atom. The molecule has 0 atom stereocenters. The number of benzene rings is 2. The van der Waals surface area contributed by atoms with Crippen LogP contribution in [0.15, 0.2) is 70.7 Å². The summed E-state index contributed by atoms with van der Waals surface area (Å²) < 4.78 is 19.3. The number of nitrogens with one attached hydrogen (secondary N) is 1. The number of carbonyl (C=O) groups is 3. The van der Waals surface area contributed by atoms with E-state index in [4.69, 9.17) is 16.6 Å². The highest BCUT2D eigenvalue weighted by molar-refractivity contribution is 7.80. The second-order valence-corrected chi connectivity index (χ2v) is 6.88. The molecular weight excluding hydrogens is 423 g/mol. The van der Waals surface area contributed by atoms with Crippen LogP contribution in [0.2, 0.25) is 0 Å². The van der Waals surface area contributed by atoms with E-state index in [1.807, 2.05) is 0 Å². The largest absolute Gasteiger partial charge is 0.478 e. The van der Waals surface area contributed by atoms with Crippen molar-refractivity contribution < 1.29 is 28.3 Å². The van der Waals surface area contributed by atoms with E-state index in [1.165, 1.54) is 42.5 Å². The van der Waals surface area contributed by atoms with Crippen LogP contribution in [0.25, 0.3) is 17.4 Å². The van der Waals surface area contributed by atoms with Crippen LogP contribution < -0.4 is 10.2 Å². The van der Waals surface area contributed by atoms with E-state index in [2.05, 4.69) is 5.32 Å². The number of furan rings is 1. The molecule has 2 heterocycles. The number of carbonyl (C=O) groups excluding carboxylic acids is 2. The van der Waals surface area contributed by atoms with Crippen molar-refractivity contribution in [2.75, 3.05) is 4.90 Å². The van der Waals surface area contributed by atoms with E-state index in [9.17, 15) is 23.9 Å². The minimum atomic E-state index is -1.12. The van der Waals surface area contributed by atoms with E-state index >= 15 is 0 Å². The number of hydrogen-bond donors (Lipinski definition) is 2. The smallest absolute Gasteiger partial charge is 0.336 e. The van der Waals surface area contributed by atoms with E-state index in [-0.39, 0.29) is 33.5 Å². The maximum atomic E-state index is 13.6. The van der Waals surface area contributed by atoms with Crippen molar-refractivity contribution in [3.8, 4) is 11.3 Å². The zero-order chi connectivity index (χ0) is 22.1. The topological polar surface area (TPSA) is 99.9 Å². The Morgan fingerprint density at radius 1 is 1.10 bits per heavy atom. The standard InChI is InChI=1S/C22H13FN2O5S/c23-12-4-3-5-13(10-12)25-20(27)17(19(26)24-22(25)31)11-14-8-9-18(30-14)15-6-1-2-7-16(15)21(28)29/h1-11H,(H,28,29)(H,24,26,31)/b17-11+. The Morgan fingerprint density at radius 3 is 2.61 bits per heavy atom. The second kappa shape index (κ2) is 7.96. The van der Waals surface area contributed by atoms with Crippen molar-refractivity contribution in [1.82, 2.24) is 5.32 Å². The van der Waals surface area contributed by atoms with Crippen molar-refractivity contribution >= 4 is 46.9 Å². The molecule has 4 rings (SSSR count). The highest BCUT2D eigenvalue weighted by Crippen LogP contribution is 2.28. The summed E-state index contributed by atoms with van der Waals surface area (Å²) in [7, 11) is 0. The Balaban J connectivity index is 1.70. The lowest BCUT2D eigenvalue weighted by atomic mass is 10.1. The molecule has 1 saturated heterocycles. The van der Waals surface area contributed by atoms with Gasteiger partial charge in [-0.2, -0.15) is 0 Å². The lowest BCUT2D eigenvalue weighted by molar-refractivity contribution is -0.122. The van der Waals surface area contributed by atoms with E-state index in [0.717, 1.165) is 11.0 Å². The molecule has 1 fully saturated rings. The number of carboxylic acid groups (broad SMARTS) is 1. The fourth-order valence-corrected chi connectivity index (χ4v) is 3.39. The molecule has 0 unspecified atom stereocenters. The summed E-state index contributed by atoms with van der Waals surface area (Å²) in [6.07, 6.45) is 1.22. The van der Waals surface area contributed by atoms with Crippen molar-refractivity contribution in [3.05, 3.63) is 83.4 Å². The average molecular weight is 436 g/mol. The number of rotatable bonds is 4. The van der Waals surface area contributed by atoms with E-state index in [1.54, 1.807) is 18.2 Å². The van der Waals surface area contributed by atoms with Gasteiger partial charge in [0.2, 0.25) is 0 Å². The number of carboxylic acids is 1. The normalized spacial score (nSPS) is 15.3. The van der Waals surface area contributed by atoms with Crippen LogP contribution in [0.5, 0.6) is 0 Å². The van der Waals surface area contributed by atoms with Crippen molar-refractivity contribution in [3.63, 3.8) is 0 Å². The van der Waals surface area contributed by atoms with Gasteiger partial charge in [0.1, 0.15) is 22.9 Å². The van der Waals surface area contributed by atoms with Crippen molar-refractivity contribution in [2.24, 2.45) is 0 Å². The Labute approximate surface area is 180 Å². The van der Waals surface area contributed by atoms with Crippen molar-refractivity contribution in [2.45, 2.75) is 0 Å². The molecule has 1 aliphatic rings.